The summed E-state index contributed by atoms with van der Waals surface area (Å²) in [7, 11) is 0. The van der Waals surface area contributed by atoms with Crippen molar-refractivity contribution in [2.24, 2.45) is 50.7 Å². The third kappa shape index (κ3) is 2.30. The Kier molecular flexibility index (Phi) is 4.32. The standard InChI is InChI=1S/C30H48O5/c1-16-14-17-22(25(4,5)33)35-30(34-17)21(16)26(6)12-13-29-15-28(29)11-10-20(31)24(2,3)18(28)8-9-19(29)27(26,7)23(30)32/h16-23,31-33H,8-15H2,1-7H3/t16?,17?,18?,19?,20-,21?,22+,23+,26+,27+,28+,29-,30-/m0/s1. The quantitative estimate of drug-likeness (QED) is 0.500. The lowest BCUT2D eigenvalue weighted by atomic mass is 9.41. The SMILES string of the molecule is CC1CC2O[C@]3(O[C@H]2C(C)(C)O)C1[C@@]1(C)CC[C@@]24C[C@@]25CC[C@H](O)C(C)(C)C5CCC4[C@]1(C)[C@H]3O. The van der Waals surface area contributed by atoms with E-state index in [1.165, 1.54) is 12.8 Å². The molecule has 0 aromatic heterocycles. The molecule has 0 radical (unpaired) electrons. The van der Waals surface area contributed by atoms with Gasteiger partial charge in [-0.25, -0.2) is 0 Å². The molecule has 0 aromatic rings. The van der Waals surface area contributed by atoms with Crippen LogP contribution in [0.4, 0.5) is 0 Å². The van der Waals surface area contributed by atoms with Gasteiger partial charge in [-0.1, -0.05) is 34.6 Å². The van der Waals surface area contributed by atoms with Gasteiger partial charge in [-0.05, 0) is 105 Å². The van der Waals surface area contributed by atoms with Crippen LogP contribution in [0.1, 0.15) is 99.8 Å². The molecule has 3 N–H and O–H groups in total. The van der Waals surface area contributed by atoms with Crippen LogP contribution in [0.15, 0.2) is 0 Å². The molecule has 5 aliphatic carbocycles. The van der Waals surface area contributed by atoms with E-state index in [-0.39, 0.29) is 39.8 Å². The number of hydrogen-bond acceptors (Lipinski definition) is 5. The van der Waals surface area contributed by atoms with E-state index >= 15 is 0 Å². The summed E-state index contributed by atoms with van der Waals surface area (Å²) in [5.74, 6) is 0.523. The Labute approximate surface area is 211 Å². The predicted octanol–water partition coefficient (Wildman–Crippen LogP) is 4.66. The van der Waals surface area contributed by atoms with E-state index in [0.29, 0.717) is 23.2 Å². The Balaban J connectivity index is 1.33. The summed E-state index contributed by atoms with van der Waals surface area (Å²) < 4.78 is 13.6. The first-order valence-corrected chi connectivity index (χ1v) is 14.6. The van der Waals surface area contributed by atoms with Crippen LogP contribution in [0.25, 0.3) is 0 Å². The molecule has 0 aromatic carbocycles. The van der Waals surface area contributed by atoms with Crippen LogP contribution in [-0.2, 0) is 9.47 Å². The fourth-order valence-electron chi connectivity index (χ4n) is 12.7. The molecule has 0 amide bonds. The number of rotatable bonds is 1. The minimum absolute atomic E-state index is 0.0331. The number of fused-ring (bicyclic) bond motifs is 4. The second-order valence-corrected chi connectivity index (χ2v) is 15.9. The Morgan fingerprint density at radius 2 is 1.51 bits per heavy atom. The zero-order chi connectivity index (χ0) is 25.2. The maximum atomic E-state index is 12.5. The van der Waals surface area contributed by atoms with Gasteiger partial charge in [0.25, 0.3) is 0 Å². The molecule has 3 spiro atoms. The zero-order valence-corrected chi connectivity index (χ0v) is 22.9. The van der Waals surface area contributed by atoms with Gasteiger partial charge in [0.15, 0.2) is 5.79 Å². The Bertz CT molecular complexity index is 957. The van der Waals surface area contributed by atoms with Gasteiger partial charge in [0, 0.05) is 11.3 Å². The first kappa shape index (κ1) is 23.9. The molecule has 5 heteroatoms. The molecule has 7 rings (SSSR count). The molecule has 2 aliphatic heterocycles. The molecule has 7 fully saturated rings. The average Bonchev–Trinajstić information content (AvgIpc) is 3.28. The summed E-state index contributed by atoms with van der Waals surface area (Å²) in [5, 5.41) is 34.4. The van der Waals surface area contributed by atoms with Gasteiger partial charge in [0.2, 0.25) is 0 Å². The van der Waals surface area contributed by atoms with Crippen molar-refractivity contribution in [1.82, 2.24) is 0 Å². The van der Waals surface area contributed by atoms with Crippen LogP contribution < -0.4 is 0 Å². The zero-order valence-electron chi connectivity index (χ0n) is 22.9. The lowest BCUT2D eigenvalue weighted by Gasteiger charge is -2.63. The molecule has 198 valence electrons. The molecular weight excluding hydrogens is 440 g/mol. The van der Waals surface area contributed by atoms with Crippen molar-refractivity contribution in [3.8, 4) is 0 Å². The van der Waals surface area contributed by atoms with E-state index < -0.39 is 23.6 Å². The van der Waals surface area contributed by atoms with Crippen LogP contribution in [0.2, 0.25) is 0 Å². The van der Waals surface area contributed by atoms with Crippen molar-refractivity contribution in [3.63, 3.8) is 0 Å². The van der Waals surface area contributed by atoms with E-state index in [1.807, 2.05) is 13.8 Å². The van der Waals surface area contributed by atoms with Crippen molar-refractivity contribution in [2.75, 3.05) is 0 Å². The minimum Gasteiger partial charge on any atom is -0.393 e. The van der Waals surface area contributed by atoms with Gasteiger partial charge < -0.3 is 24.8 Å². The number of ether oxygens (including phenoxy) is 2. The van der Waals surface area contributed by atoms with Gasteiger partial charge in [-0.2, -0.15) is 0 Å². The topological polar surface area (TPSA) is 79.2 Å². The summed E-state index contributed by atoms with van der Waals surface area (Å²) >= 11 is 0. The third-order valence-electron chi connectivity index (χ3n) is 14.2. The van der Waals surface area contributed by atoms with Crippen LogP contribution in [0.3, 0.4) is 0 Å². The lowest BCUT2D eigenvalue weighted by molar-refractivity contribution is -0.282. The van der Waals surface area contributed by atoms with Crippen LogP contribution in [0.5, 0.6) is 0 Å². The maximum Gasteiger partial charge on any atom is 0.199 e. The highest BCUT2D eigenvalue weighted by molar-refractivity contribution is 5.34. The van der Waals surface area contributed by atoms with Gasteiger partial charge in [0.05, 0.1) is 17.8 Å². The molecule has 7 aliphatic rings. The number of aliphatic hydroxyl groups excluding tert-OH is 2. The van der Waals surface area contributed by atoms with Gasteiger partial charge in [-0.15, -0.1) is 0 Å². The van der Waals surface area contributed by atoms with E-state index in [4.69, 9.17) is 9.47 Å². The van der Waals surface area contributed by atoms with Crippen LogP contribution >= 0.6 is 0 Å². The molecule has 5 saturated carbocycles. The molecule has 13 atom stereocenters. The summed E-state index contributed by atoms with van der Waals surface area (Å²) in [6, 6.07) is 0. The summed E-state index contributed by atoms with van der Waals surface area (Å²) in [6.07, 6.45) is 7.36. The van der Waals surface area contributed by atoms with Gasteiger partial charge in [0.1, 0.15) is 12.2 Å². The monoisotopic (exact) mass is 488 g/mol. The van der Waals surface area contributed by atoms with Crippen molar-refractivity contribution in [2.45, 2.75) is 136 Å². The van der Waals surface area contributed by atoms with Gasteiger partial charge in [-0.3, -0.25) is 0 Å². The highest BCUT2D eigenvalue weighted by Crippen LogP contribution is 2.90. The lowest BCUT2D eigenvalue weighted by Crippen LogP contribution is -2.60. The van der Waals surface area contributed by atoms with E-state index in [2.05, 4.69) is 34.6 Å². The van der Waals surface area contributed by atoms with Crippen molar-refractivity contribution in [3.05, 3.63) is 0 Å². The van der Waals surface area contributed by atoms with E-state index in [1.54, 1.807) is 0 Å². The highest BCUT2D eigenvalue weighted by Gasteiger charge is 2.88. The largest absolute Gasteiger partial charge is 0.393 e. The first-order chi connectivity index (χ1) is 16.1. The minimum atomic E-state index is -1.01. The fourth-order valence-corrected chi connectivity index (χ4v) is 12.7. The van der Waals surface area contributed by atoms with Crippen molar-refractivity contribution < 1.29 is 24.8 Å². The predicted molar refractivity (Wildman–Crippen MR) is 132 cm³/mol. The summed E-state index contributed by atoms with van der Waals surface area (Å²) in [5.41, 5.74) is -0.788. The molecular formula is C30H48O5. The van der Waals surface area contributed by atoms with Crippen molar-refractivity contribution >= 4 is 0 Å². The summed E-state index contributed by atoms with van der Waals surface area (Å²) in [6.45, 7) is 15.4. The fraction of sp³-hybridized carbons (Fsp3) is 1.00. The molecule has 2 heterocycles. The average molecular weight is 489 g/mol. The summed E-state index contributed by atoms with van der Waals surface area (Å²) in [4.78, 5) is 0. The molecule has 2 bridgehead atoms. The Morgan fingerprint density at radius 1 is 0.857 bits per heavy atom. The normalized spacial score (nSPS) is 63.9. The number of hydrogen-bond donors (Lipinski definition) is 3. The maximum absolute atomic E-state index is 12.5. The Morgan fingerprint density at radius 3 is 2.20 bits per heavy atom. The Hall–Kier alpha value is -0.200. The van der Waals surface area contributed by atoms with Crippen LogP contribution in [-0.4, -0.2) is 51.1 Å². The number of aliphatic hydroxyl groups is 3. The smallest absolute Gasteiger partial charge is 0.199 e. The van der Waals surface area contributed by atoms with E-state index in [9.17, 15) is 15.3 Å². The third-order valence-corrected chi connectivity index (χ3v) is 14.2. The molecule has 5 unspecified atom stereocenters. The van der Waals surface area contributed by atoms with Crippen molar-refractivity contribution in [1.29, 1.82) is 0 Å². The van der Waals surface area contributed by atoms with E-state index in [0.717, 1.165) is 38.5 Å². The first-order valence-electron chi connectivity index (χ1n) is 14.6. The second-order valence-electron chi connectivity index (χ2n) is 15.9. The van der Waals surface area contributed by atoms with Crippen LogP contribution in [0, 0.1) is 50.7 Å². The molecule has 5 nitrogen and oxygen atoms in total. The molecule has 2 saturated heterocycles. The molecule has 35 heavy (non-hydrogen) atoms. The second kappa shape index (κ2) is 6.33. The van der Waals surface area contributed by atoms with Gasteiger partial charge >= 0.3 is 0 Å². The highest BCUT2D eigenvalue weighted by atomic mass is 16.8.